The van der Waals surface area contributed by atoms with E-state index in [1.165, 1.54) is 12.1 Å². The van der Waals surface area contributed by atoms with Crippen LogP contribution >= 0.6 is 0 Å². The zero-order valence-corrected chi connectivity index (χ0v) is 7.69. The van der Waals surface area contributed by atoms with Crippen molar-refractivity contribution in [1.82, 2.24) is 0 Å². The molecule has 0 aromatic heterocycles. The van der Waals surface area contributed by atoms with Crippen LogP contribution in [0.15, 0.2) is 24.3 Å². The number of hydrogen-bond acceptors (Lipinski definition) is 2. The van der Waals surface area contributed by atoms with E-state index in [4.69, 9.17) is 4.19 Å². The Labute approximate surface area is 66.6 Å². The summed E-state index contributed by atoms with van der Waals surface area (Å²) < 4.78 is 29.8. The first kappa shape index (κ1) is 8.40. The van der Waals surface area contributed by atoms with Crippen molar-refractivity contribution < 1.29 is 11.9 Å². The van der Waals surface area contributed by atoms with Crippen LogP contribution < -0.4 is 4.46 Å². The molecular weight excluding hydrogens is 211 g/mol. The third kappa shape index (κ3) is 2.12. The molecule has 1 aromatic carbocycles. The van der Waals surface area contributed by atoms with Crippen molar-refractivity contribution in [3.8, 4) is 0 Å². The fourth-order valence-corrected chi connectivity index (χ4v) is 1.72. The molecule has 4 heteroatoms. The van der Waals surface area contributed by atoms with Gasteiger partial charge in [0.05, 0.1) is 0 Å². The summed E-state index contributed by atoms with van der Waals surface area (Å²) in [5.74, 6) is 0. The number of rotatable bonds is 1. The van der Waals surface area contributed by atoms with Gasteiger partial charge in [-0.3, -0.25) is 0 Å². The van der Waals surface area contributed by atoms with Crippen molar-refractivity contribution in [2.24, 2.45) is 0 Å². The molecule has 0 bridgehead atoms. The molecule has 0 atom stereocenters. The minimum absolute atomic E-state index is 0.00634. The van der Waals surface area contributed by atoms with Crippen molar-refractivity contribution in [2.75, 3.05) is 0 Å². The number of hydrogen-bond donors (Lipinski definition) is 1. The SMILES string of the molecule is Cc1ccc([Se](=O)(=O)O)cc1. The summed E-state index contributed by atoms with van der Waals surface area (Å²) in [6.07, 6.45) is 0. The van der Waals surface area contributed by atoms with E-state index in [1.807, 2.05) is 6.92 Å². The van der Waals surface area contributed by atoms with Crippen LogP contribution in [0.25, 0.3) is 0 Å². The van der Waals surface area contributed by atoms with E-state index in [0.717, 1.165) is 5.56 Å². The molecular formula is C7H8O3Se. The molecule has 0 spiro atoms. The Bertz CT molecular complexity index is 336. The van der Waals surface area contributed by atoms with Gasteiger partial charge in [-0.1, -0.05) is 0 Å². The van der Waals surface area contributed by atoms with Gasteiger partial charge in [0.2, 0.25) is 0 Å². The summed E-state index contributed by atoms with van der Waals surface area (Å²) in [6, 6.07) is 6.09. The molecule has 0 aliphatic rings. The molecule has 0 fully saturated rings. The van der Waals surface area contributed by atoms with Crippen molar-refractivity contribution in [2.45, 2.75) is 6.92 Å². The number of aryl methyl sites for hydroxylation is 1. The van der Waals surface area contributed by atoms with Gasteiger partial charge in [0, 0.05) is 0 Å². The van der Waals surface area contributed by atoms with E-state index >= 15 is 0 Å². The van der Waals surface area contributed by atoms with Gasteiger partial charge in [-0.2, -0.15) is 0 Å². The topological polar surface area (TPSA) is 54.4 Å². The normalized spacial score (nSPS) is 11.5. The molecule has 60 valence electrons. The summed E-state index contributed by atoms with van der Waals surface area (Å²) in [5.41, 5.74) is 0.968. The number of benzene rings is 1. The zero-order chi connectivity index (χ0) is 8.48. The van der Waals surface area contributed by atoms with E-state index in [0.29, 0.717) is 0 Å². The molecule has 0 heterocycles. The summed E-state index contributed by atoms with van der Waals surface area (Å²) >= 11 is -4.72. The van der Waals surface area contributed by atoms with E-state index in [2.05, 4.69) is 0 Å². The quantitative estimate of drug-likeness (QED) is 0.676. The van der Waals surface area contributed by atoms with E-state index in [9.17, 15) is 7.67 Å². The molecule has 0 saturated heterocycles. The van der Waals surface area contributed by atoms with Gasteiger partial charge >= 0.3 is 66.1 Å². The Kier molecular flexibility index (Phi) is 2.09. The molecule has 1 rings (SSSR count). The van der Waals surface area contributed by atoms with Crippen LogP contribution in [0, 0.1) is 6.92 Å². The van der Waals surface area contributed by atoms with Gasteiger partial charge in [-0.15, -0.1) is 0 Å². The van der Waals surface area contributed by atoms with Crippen LogP contribution in [0.1, 0.15) is 5.56 Å². The Morgan fingerprint density at radius 3 is 2.00 bits per heavy atom. The van der Waals surface area contributed by atoms with Crippen LogP contribution in [0.2, 0.25) is 0 Å². The summed E-state index contributed by atoms with van der Waals surface area (Å²) in [5, 5.41) is 0. The van der Waals surface area contributed by atoms with Gasteiger partial charge in [0.25, 0.3) is 0 Å². The van der Waals surface area contributed by atoms with Gasteiger partial charge in [0.15, 0.2) is 0 Å². The standard InChI is InChI=1S/C7H8O3Se/c1-6-2-4-7(5-3-6)11(8,9)10/h2-5H,1H3,(H,8,9,10). The zero-order valence-electron chi connectivity index (χ0n) is 5.98. The molecule has 0 radical (unpaired) electrons. The average molecular weight is 219 g/mol. The van der Waals surface area contributed by atoms with Crippen molar-refractivity contribution in [3.05, 3.63) is 29.8 Å². The second-order valence-corrected chi connectivity index (χ2v) is 5.27. The van der Waals surface area contributed by atoms with Gasteiger partial charge < -0.3 is 0 Å². The molecule has 0 unspecified atom stereocenters. The fraction of sp³-hybridized carbons (Fsp3) is 0.143. The van der Waals surface area contributed by atoms with Crippen molar-refractivity contribution in [1.29, 1.82) is 0 Å². The van der Waals surface area contributed by atoms with E-state index in [-0.39, 0.29) is 4.46 Å². The predicted molar refractivity (Wildman–Crippen MR) is 40.2 cm³/mol. The Morgan fingerprint density at radius 1 is 1.18 bits per heavy atom. The fourth-order valence-electron chi connectivity index (χ4n) is 0.710. The second-order valence-electron chi connectivity index (χ2n) is 2.29. The van der Waals surface area contributed by atoms with Crippen LogP contribution in [-0.2, 0) is 7.67 Å². The Balaban J connectivity index is 3.20. The van der Waals surface area contributed by atoms with Crippen LogP contribution in [0.5, 0.6) is 0 Å². The maximum atomic E-state index is 10.6. The van der Waals surface area contributed by atoms with Gasteiger partial charge in [-0.25, -0.2) is 0 Å². The van der Waals surface area contributed by atoms with Gasteiger partial charge in [-0.05, 0) is 0 Å². The van der Waals surface area contributed by atoms with E-state index in [1.54, 1.807) is 12.1 Å². The Hall–Kier alpha value is -0.701. The van der Waals surface area contributed by atoms with Crippen molar-refractivity contribution >= 4 is 17.5 Å². The predicted octanol–water partition coefficient (Wildman–Crippen LogP) is -0.00578. The van der Waals surface area contributed by atoms with Gasteiger partial charge in [0.1, 0.15) is 0 Å². The molecule has 0 amide bonds. The average Bonchev–Trinajstić information content (AvgIpc) is 1.86. The first-order valence-electron chi connectivity index (χ1n) is 3.04. The van der Waals surface area contributed by atoms with Crippen LogP contribution in [0.4, 0.5) is 0 Å². The molecule has 11 heavy (non-hydrogen) atoms. The Morgan fingerprint density at radius 2 is 1.64 bits per heavy atom. The van der Waals surface area contributed by atoms with Crippen LogP contribution in [-0.4, -0.2) is 17.2 Å². The first-order chi connectivity index (χ1) is 5.00. The third-order valence-electron chi connectivity index (χ3n) is 1.32. The monoisotopic (exact) mass is 220 g/mol. The molecule has 3 nitrogen and oxygen atoms in total. The molecule has 0 aliphatic carbocycles. The van der Waals surface area contributed by atoms with Crippen molar-refractivity contribution in [3.63, 3.8) is 0 Å². The maximum absolute atomic E-state index is 10.6. The summed E-state index contributed by atoms with van der Waals surface area (Å²) in [7, 11) is 0. The minimum atomic E-state index is -4.72. The summed E-state index contributed by atoms with van der Waals surface area (Å²) in [4.78, 5) is 0. The molecule has 1 aromatic rings. The first-order valence-corrected chi connectivity index (χ1v) is 6.06. The molecule has 0 saturated carbocycles. The molecule has 1 N–H and O–H groups in total. The third-order valence-corrected chi connectivity index (χ3v) is 3.14. The molecule has 0 aliphatic heterocycles. The second kappa shape index (κ2) is 2.74. The van der Waals surface area contributed by atoms with Crippen LogP contribution in [0.3, 0.4) is 0 Å². The summed E-state index contributed by atoms with van der Waals surface area (Å²) in [6.45, 7) is 1.85. The van der Waals surface area contributed by atoms with E-state index < -0.39 is 13.0 Å².